The standard InChI is InChI=1S/C15H13NS/c1-10-8-13(12-6-4-3-5-7-12)15-14(9-10)17-11(2)16-15/h3-9H,1-2H3. The summed E-state index contributed by atoms with van der Waals surface area (Å²) in [6, 6.07) is 14.9. The molecule has 84 valence electrons. The lowest BCUT2D eigenvalue weighted by molar-refractivity contribution is 1.34. The molecule has 0 saturated heterocycles. The predicted octanol–water partition coefficient (Wildman–Crippen LogP) is 4.58. The third-order valence-electron chi connectivity index (χ3n) is 2.83. The van der Waals surface area contributed by atoms with Crippen molar-refractivity contribution in [2.75, 3.05) is 0 Å². The van der Waals surface area contributed by atoms with E-state index in [1.807, 2.05) is 6.07 Å². The Hall–Kier alpha value is -1.67. The van der Waals surface area contributed by atoms with Gasteiger partial charge in [0.05, 0.1) is 15.2 Å². The average molecular weight is 239 g/mol. The second kappa shape index (κ2) is 3.97. The predicted molar refractivity (Wildman–Crippen MR) is 74.5 cm³/mol. The number of fused-ring (bicyclic) bond motifs is 1. The van der Waals surface area contributed by atoms with Crippen LogP contribution in [-0.2, 0) is 0 Å². The average Bonchev–Trinajstić information content (AvgIpc) is 2.69. The summed E-state index contributed by atoms with van der Waals surface area (Å²) in [6.07, 6.45) is 0. The van der Waals surface area contributed by atoms with Crippen molar-refractivity contribution in [2.24, 2.45) is 0 Å². The molecule has 0 amide bonds. The van der Waals surface area contributed by atoms with Crippen LogP contribution in [0.15, 0.2) is 42.5 Å². The molecule has 1 nitrogen and oxygen atoms in total. The minimum atomic E-state index is 1.13. The molecular formula is C15H13NS. The normalized spacial score (nSPS) is 10.9. The van der Waals surface area contributed by atoms with E-state index in [0.717, 1.165) is 10.5 Å². The third-order valence-corrected chi connectivity index (χ3v) is 3.75. The van der Waals surface area contributed by atoms with Gasteiger partial charge in [0.15, 0.2) is 0 Å². The van der Waals surface area contributed by atoms with E-state index in [0.29, 0.717) is 0 Å². The first kappa shape index (κ1) is 10.5. The van der Waals surface area contributed by atoms with Crippen LogP contribution in [0.5, 0.6) is 0 Å². The fourth-order valence-electron chi connectivity index (χ4n) is 2.12. The van der Waals surface area contributed by atoms with Crippen molar-refractivity contribution in [2.45, 2.75) is 13.8 Å². The van der Waals surface area contributed by atoms with E-state index >= 15 is 0 Å². The Morgan fingerprint density at radius 3 is 2.53 bits per heavy atom. The highest BCUT2D eigenvalue weighted by Gasteiger charge is 2.08. The lowest BCUT2D eigenvalue weighted by Crippen LogP contribution is -1.82. The quantitative estimate of drug-likeness (QED) is 0.605. The number of aromatic nitrogens is 1. The van der Waals surface area contributed by atoms with Gasteiger partial charge < -0.3 is 0 Å². The van der Waals surface area contributed by atoms with Crippen molar-refractivity contribution >= 4 is 21.6 Å². The molecule has 0 spiro atoms. The lowest BCUT2D eigenvalue weighted by atomic mass is 10.0. The largest absolute Gasteiger partial charge is 0.241 e. The molecule has 0 fully saturated rings. The number of hydrogen-bond acceptors (Lipinski definition) is 2. The molecule has 2 aromatic carbocycles. The highest BCUT2D eigenvalue weighted by molar-refractivity contribution is 7.18. The maximum atomic E-state index is 4.65. The fourth-order valence-corrected chi connectivity index (χ4v) is 3.07. The third kappa shape index (κ3) is 1.85. The molecule has 0 atom stereocenters. The van der Waals surface area contributed by atoms with Crippen molar-refractivity contribution in [1.82, 2.24) is 4.98 Å². The van der Waals surface area contributed by atoms with Crippen LogP contribution in [-0.4, -0.2) is 4.98 Å². The first-order valence-electron chi connectivity index (χ1n) is 5.67. The first-order chi connectivity index (χ1) is 8.24. The van der Waals surface area contributed by atoms with Crippen LogP contribution >= 0.6 is 11.3 Å². The highest BCUT2D eigenvalue weighted by Crippen LogP contribution is 2.32. The molecule has 0 aliphatic carbocycles. The second-order valence-electron chi connectivity index (χ2n) is 4.26. The number of thiazole rings is 1. The van der Waals surface area contributed by atoms with Crippen molar-refractivity contribution in [3.8, 4) is 11.1 Å². The zero-order valence-corrected chi connectivity index (χ0v) is 10.7. The van der Waals surface area contributed by atoms with Gasteiger partial charge in [0.1, 0.15) is 0 Å². The summed E-state index contributed by atoms with van der Waals surface area (Å²) in [5.74, 6) is 0. The summed E-state index contributed by atoms with van der Waals surface area (Å²) < 4.78 is 1.28. The Labute approximate surface area is 105 Å². The van der Waals surface area contributed by atoms with Gasteiger partial charge in [-0.25, -0.2) is 4.98 Å². The van der Waals surface area contributed by atoms with Gasteiger partial charge in [0.25, 0.3) is 0 Å². The molecule has 0 radical (unpaired) electrons. The second-order valence-corrected chi connectivity index (χ2v) is 5.49. The van der Waals surface area contributed by atoms with Crippen LogP contribution in [0.3, 0.4) is 0 Å². The van der Waals surface area contributed by atoms with E-state index in [-0.39, 0.29) is 0 Å². The molecule has 2 heteroatoms. The van der Waals surface area contributed by atoms with Gasteiger partial charge in [-0.2, -0.15) is 0 Å². The van der Waals surface area contributed by atoms with Gasteiger partial charge in [0.2, 0.25) is 0 Å². The summed E-state index contributed by atoms with van der Waals surface area (Å²) in [7, 11) is 0. The number of nitrogens with zero attached hydrogens (tertiary/aromatic N) is 1. The Kier molecular flexibility index (Phi) is 2.45. The molecule has 0 bridgehead atoms. The first-order valence-corrected chi connectivity index (χ1v) is 6.49. The van der Waals surface area contributed by atoms with Gasteiger partial charge in [-0.1, -0.05) is 30.3 Å². The minimum Gasteiger partial charge on any atom is -0.241 e. The molecular weight excluding hydrogens is 226 g/mol. The number of hydrogen-bond donors (Lipinski definition) is 0. The lowest BCUT2D eigenvalue weighted by Gasteiger charge is -2.04. The Balaban J connectivity index is 2.35. The van der Waals surface area contributed by atoms with Crippen LogP contribution in [0.2, 0.25) is 0 Å². The van der Waals surface area contributed by atoms with E-state index in [1.165, 1.54) is 21.4 Å². The van der Waals surface area contributed by atoms with Crippen molar-refractivity contribution in [3.63, 3.8) is 0 Å². The summed E-state index contributed by atoms with van der Waals surface area (Å²) >= 11 is 1.76. The number of rotatable bonds is 1. The summed E-state index contributed by atoms with van der Waals surface area (Å²) in [5, 5.41) is 1.13. The SMILES string of the molecule is Cc1cc(-c2ccccc2)c2nc(C)sc2c1. The van der Waals surface area contributed by atoms with Crippen molar-refractivity contribution < 1.29 is 0 Å². The molecule has 1 aromatic heterocycles. The van der Waals surface area contributed by atoms with Crippen LogP contribution < -0.4 is 0 Å². The molecule has 0 aliphatic heterocycles. The fraction of sp³-hybridized carbons (Fsp3) is 0.133. The summed E-state index contributed by atoms with van der Waals surface area (Å²) in [6.45, 7) is 4.20. The zero-order valence-electron chi connectivity index (χ0n) is 9.90. The molecule has 3 aromatic rings. The Morgan fingerprint density at radius 1 is 1.00 bits per heavy atom. The van der Waals surface area contributed by atoms with Crippen molar-refractivity contribution in [1.29, 1.82) is 0 Å². The monoisotopic (exact) mass is 239 g/mol. The van der Waals surface area contributed by atoms with Gasteiger partial charge in [-0.05, 0) is 37.1 Å². The maximum absolute atomic E-state index is 4.65. The van der Waals surface area contributed by atoms with E-state index in [4.69, 9.17) is 0 Å². The molecule has 1 heterocycles. The van der Waals surface area contributed by atoms with E-state index in [1.54, 1.807) is 11.3 Å². The summed E-state index contributed by atoms with van der Waals surface area (Å²) in [4.78, 5) is 4.65. The molecule has 0 saturated carbocycles. The van der Waals surface area contributed by atoms with Crippen LogP contribution in [0.1, 0.15) is 10.6 Å². The summed E-state index contributed by atoms with van der Waals surface area (Å²) in [5.41, 5.74) is 4.90. The minimum absolute atomic E-state index is 1.13. The van der Waals surface area contributed by atoms with Crippen LogP contribution in [0.25, 0.3) is 21.3 Å². The topological polar surface area (TPSA) is 12.9 Å². The van der Waals surface area contributed by atoms with Gasteiger partial charge >= 0.3 is 0 Å². The van der Waals surface area contributed by atoms with E-state index in [9.17, 15) is 0 Å². The Bertz CT molecular complexity index is 668. The van der Waals surface area contributed by atoms with E-state index < -0.39 is 0 Å². The molecule has 0 N–H and O–H groups in total. The van der Waals surface area contributed by atoms with Crippen LogP contribution in [0.4, 0.5) is 0 Å². The molecule has 0 aliphatic rings. The molecule has 3 rings (SSSR count). The molecule has 17 heavy (non-hydrogen) atoms. The zero-order chi connectivity index (χ0) is 11.8. The smallest absolute Gasteiger partial charge is 0.0908 e. The van der Waals surface area contributed by atoms with Gasteiger partial charge in [-0.3, -0.25) is 0 Å². The van der Waals surface area contributed by atoms with E-state index in [2.05, 4.69) is 55.2 Å². The van der Waals surface area contributed by atoms with Crippen LogP contribution in [0, 0.1) is 13.8 Å². The maximum Gasteiger partial charge on any atom is 0.0908 e. The van der Waals surface area contributed by atoms with Gasteiger partial charge in [-0.15, -0.1) is 11.3 Å². The Morgan fingerprint density at radius 2 is 1.76 bits per heavy atom. The van der Waals surface area contributed by atoms with Gasteiger partial charge in [0, 0.05) is 5.56 Å². The molecule has 0 unspecified atom stereocenters. The number of benzene rings is 2. The van der Waals surface area contributed by atoms with Crippen molar-refractivity contribution in [3.05, 3.63) is 53.0 Å². The highest BCUT2D eigenvalue weighted by atomic mass is 32.1. The number of aryl methyl sites for hydroxylation is 2.